The molecule has 1 rings (SSSR count). The number of allylic oxidation sites excluding steroid dienone is 2. The lowest BCUT2D eigenvalue weighted by Gasteiger charge is -2.15. The van der Waals surface area contributed by atoms with Crippen molar-refractivity contribution in [3.63, 3.8) is 0 Å². The zero-order valence-electron chi connectivity index (χ0n) is 8.75. The van der Waals surface area contributed by atoms with Gasteiger partial charge in [-0.25, -0.2) is 0 Å². The lowest BCUT2D eigenvalue weighted by Crippen LogP contribution is -2.18. The minimum atomic E-state index is 0.189. The monoisotopic (exact) mass is 180 g/mol. The van der Waals surface area contributed by atoms with Crippen LogP contribution in [0.2, 0.25) is 0 Å². The van der Waals surface area contributed by atoms with Gasteiger partial charge in [0.2, 0.25) is 0 Å². The molecule has 0 fully saturated rings. The lowest BCUT2D eigenvalue weighted by molar-refractivity contribution is -0.124. The van der Waals surface area contributed by atoms with Crippen molar-refractivity contribution in [2.75, 3.05) is 0 Å². The summed E-state index contributed by atoms with van der Waals surface area (Å²) >= 11 is 0. The Kier molecular flexibility index (Phi) is 4.20. The maximum Gasteiger partial charge on any atom is 0.142 e. The summed E-state index contributed by atoms with van der Waals surface area (Å²) in [7, 11) is 0. The fourth-order valence-electron chi connectivity index (χ4n) is 1.83. The molecule has 0 aromatic rings. The van der Waals surface area contributed by atoms with Crippen molar-refractivity contribution in [3.05, 3.63) is 12.2 Å². The molecule has 0 N–H and O–H groups in total. The van der Waals surface area contributed by atoms with E-state index in [2.05, 4.69) is 12.2 Å². The number of carbonyl (C=O) groups excluding carboxylic acids is 1. The summed E-state index contributed by atoms with van der Waals surface area (Å²) in [5.41, 5.74) is 0. The highest BCUT2D eigenvalue weighted by Crippen LogP contribution is 2.20. The molecule has 0 aliphatic heterocycles. The third-order valence-corrected chi connectivity index (χ3v) is 2.69. The summed E-state index contributed by atoms with van der Waals surface area (Å²) in [4.78, 5) is 11.7. The summed E-state index contributed by atoms with van der Waals surface area (Å²) in [5.74, 6) is 0.813. The van der Waals surface area contributed by atoms with Crippen molar-refractivity contribution in [2.24, 2.45) is 11.8 Å². The van der Waals surface area contributed by atoms with Gasteiger partial charge in [-0.15, -0.1) is 0 Å². The van der Waals surface area contributed by atoms with E-state index in [0.29, 0.717) is 5.78 Å². The van der Waals surface area contributed by atoms with Crippen LogP contribution in [0.3, 0.4) is 0 Å². The topological polar surface area (TPSA) is 17.1 Å². The highest BCUT2D eigenvalue weighted by molar-refractivity contribution is 5.84. The van der Waals surface area contributed by atoms with E-state index in [1.165, 1.54) is 19.3 Å². The highest BCUT2D eigenvalue weighted by atomic mass is 16.1. The Morgan fingerprint density at radius 1 is 1.31 bits per heavy atom. The van der Waals surface area contributed by atoms with E-state index in [1.54, 1.807) is 0 Å². The summed E-state index contributed by atoms with van der Waals surface area (Å²) in [6, 6.07) is 0. The van der Waals surface area contributed by atoms with Gasteiger partial charge < -0.3 is 0 Å². The van der Waals surface area contributed by atoms with Gasteiger partial charge in [-0.2, -0.15) is 0 Å². The lowest BCUT2D eigenvalue weighted by atomic mass is 9.88. The van der Waals surface area contributed by atoms with Crippen LogP contribution in [-0.2, 0) is 4.79 Å². The molecule has 0 radical (unpaired) electrons. The third-order valence-electron chi connectivity index (χ3n) is 2.69. The number of hydrogen-bond donors (Lipinski definition) is 0. The van der Waals surface area contributed by atoms with Gasteiger partial charge in [-0.3, -0.25) is 4.79 Å². The van der Waals surface area contributed by atoms with Crippen molar-refractivity contribution in [1.29, 1.82) is 0 Å². The van der Waals surface area contributed by atoms with E-state index in [0.717, 1.165) is 12.8 Å². The Balaban J connectivity index is 2.55. The minimum Gasteiger partial charge on any atom is -0.299 e. The number of hydrogen-bond acceptors (Lipinski definition) is 1. The Hall–Kier alpha value is -0.590. The van der Waals surface area contributed by atoms with E-state index >= 15 is 0 Å². The van der Waals surface area contributed by atoms with Crippen LogP contribution in [0.25, 0.3) is 0 Å². The van der Waals surface area contributed by atoms with Gasteiger partial charge in [-0.05, 0) is 19.3 Å². The smallest absolute Gasteiger partial charge is 0.142 e. The first-order valence-corrected chi connectivity index (χ1v) is 5.42. The molecule has 1 nitrogen and oxygen atoms in total. The van der Waals surface area contributed by atoms with E-state index in [9.17, 15) is 4.79 Å². The van der Waals surface area contributed by atoms with Gasteiger partial charge in [-0.1, -0.05) is 38.8 Å². The van der Waals surface area contributed by atoms with Gasteiger partial charge in [0.25, 0.3) is 0 Å². The molecule has 0 aromatic carbocycles. The molecule has 0 spiro atoms. The number of Topliss-reactive ketones (excluding diaryl/α,β-unsaturated/α-hetero) is 1. The molecule has 1 aliphatic rings. The predicted molar refractivity (Wildman–Crippen MR) is 55.6 cm³/mol. The molecule has 13 heavy (non-hydrogen) atoms. The second-order valence-corrected chi connectivity index (χ2v) is 4.23. The first kappa shape index (κ1) is 10.5. The average Bonchev–Trinajstić information content (AvgIpc) is 2.02. The van der Waals surface area contributed by atoms with Gasteiger partial charge in [0.1, 0.15) is 5.78 Å². The standard InChI is InChI=1S/C12H20O/c1-10(2)12(13)11-8-6-4-3-5-7-9-11/h6,8,10-11H,3-5,7,9H2,1-2H3/b8-6-. The van der Waals surface area contributed by atoms with Crippen molar-refractivity contribution in [2.45, 2.75) is 46.0 Å². The predicted octanol–water partition coefficient (Wildman–Crippen LogP) is 3.35. The molecule has 1 aliphatic carbocycles. The Morgan fingerprint density at radius 2 is 2.08 bits per heavy atom. The molecule has 1 atom stereocenters. The van der Waals surface area contributed by atoms with E-state index < -0.39 is 0 Å². The molecule has 1 unspecified atom stereocenters. The van der Waals surface area contributed by atoms with E-state index in [4.69, 9.17) is 0 Å². The maximum absolute atomic E-state index is 11.7. The number of rotatable bonds is 2. The Labute approximate surface area is 81.2 Å². The molecule has 0 saturated carbocycles. The van der Waals surface area contributed by atoms with Crippen LogP contribution in [0.4, 0.5) is 0 Å². The number of ketones is 1. The van der Waals surface area contributed by atoms with Crippen LogP contribution in [0.15, 0.2) is 12.2 Å². The molecule has 0 aromatic heterocycles. The fraction of sp³-hybridized carbons (Fsp3) is 0.750. The van der Waals surface area contributed by atoms with E-state index in [1.807, 2.05) is 13.8 Å². The third kappa shape index (κ3) is 3.33. The molecule has 0 heterocycles. The van der Waals surface area contributed by atoms with Crippen LogP contribution >= 0.6 is 0 Å². The van der Waals surface area contributed by atoms with Gasteiger partial charge >= 0.3 is 0 Å². The quantitative estimate of drug-likeness (QED) is 0.596. The zero-order chi connectivity index (χ0) is 9.68. The molecular weight excluding hydrogens is 160 g/mol. The largest absolute Gasteiger partial charge is 0.299 e. The molecule has 1 heteroatoms. The summed E-state index contributed by atoms with van der Waals surface area (Å²) < 4.78 is 0. The SMILES string of the molecule is CC(C)C(=O)C1/C=C\CCCCC1. The van der Waals surface area contributed by atoms with Crippen LogP contribution in [-0.4, -0.2) is 5.78 Å². The van der Waals surface area contributed by atoms with Crippen molar-refractivity contribution >= 4 is 5.78 Å². The van der Waals surface area contributed by atoms with Crippen LogP contribution in [0.1, 0.15) is 46.0 Å². The summed E-state index contributed by atoms with van der Waals surface area (Å²) in [6.07, 6.45) is 10.3. The van der Waals surface area contributed by atoms with Gasteiger partial charge in [0, 0.05) is 11.8 Å². The van der Waals surface area contributed by atoms with Crippen molar-refractivity contribution in [1.82, 2.24) is 0 Å². The van der Waals surface area contributed by atoms with Gasteiger partial charge in [0.15, 0.2) is 0 Å². The Morgan fingerprint density at radius 3 is 2.77 bits per heavy atom. The number of carbonyl (C=O) groups is 1. The highest BCUT2D eigenvalue weighted by Gasteiger charge is 2.18. The summed E-state index contributed by atoms with van der Waals surface area (Å²) in [5, 5.41) is 0. The summed E-state index contributed by atoms with van der Waals surface area (Å²) in [6.45, 7) is 3.99. The maximum atomic E-state index is 11.7. The second kappa shape index (κ2) is 5.21. The van der Waals surface area contributed by atoms with Crippen molar-refractivity contribution < 1.29 is 4.79 Å². The Bertz CT molecular complexity index is 191. The molecule has 0 bridgehead atoms. The van der Waals surface area contributed by atoms with Crippen LogP contribution in [0, 0.1) is 11.8 Å². The van der Waals surface area contributed by atoms with Crippen LogP contribution < -0.4 is 0 Å². The fourth-order valence-corrected chi connectivity index (χ4v) is 1.83. The second-order valence-electron chi connectivity index (χ2n) is 4.23. The van der Waals surface area contributed by atoms with Gasteiger partial charge in [0.05, 0.1) is 0 Å². The first-order chi connectivity index (χ1) is 6.22. The minimum absolute atomic E-state index is 0.189. The molecule has 74 valence electrons. The molecule has 0 saturated heterocycles. The average molecular weight is 180 g/mol. The molecule has 0 amide bonds. The molecular formula is C12H20O. The normalized spacial score (nSPS) is 26.5. The first-order valence-electron chi connectivity index (χ1n) is 5.42. The van der Waals surface area contributed by atoms with E-state index in [-0.39, 0.29) is 11.8 Å². The van der Waals surface area contributed by atoms with Crippen LogP contribution in [0.5, 0.6) is 0 Å². The zero-order valence-corrected chi connectivity index (χ0v) is 8.75. The van der Waals surface area contributed by atoms with Crippen molar-refractivity contribution in [3.8, 4) is 0 Å².